The van der Waals surface area contributed by atoms with Crippen molar-refractivity contribution in [3.05, 3.63) is 40.6 Å². The van der Waals surface area contributed by atoms with Crippen LogP contribution in [0, 0.1) is 6.92 Å². The molecule has 0 unspecified atom stereocenters. The molecule has 22 heavy (non-hydrogen) atoms. The maximum atomic E-state index is 4.94. The zero-order chi connectivity index (χ0) is 15.5. The average Bonchev–Trinajstić information content (AvgIpc) is 2.51. The number of nitrogens with zero attached hydrogens (tertiary/aromatic N) is 2. The van der Waals surface area contributed by atoms with Gasteiger partial charge in [0.05, 0.1) is 5.52 Å². The van der Waals surface area contributed by atoms with Crippen molar-refractivity contribution >= 4 is 10.9 Å². The van der Waals surface area contributed by atoms with Gasteiger partial charge in [0.15, 0.2) is 0 Å². The van der Waals surface area contributed by atoms with Crippen LogP contribution in [0.2, 0.25) is 0 Å². The third-order valence-corrected chi connectivity index (χ3v) is 4.61. The largest absolute Gasteiger partial charge is 0.313 e. The Bertz CT molecular complexity index is 663. The molecule has 0 radical (unpaired) electrons. The first kappa shape index (κ1) is 15.4. The fourth-order valence-corrected chi connectivity index (χ4v) is 3.29. The van der Waals surface area contributed by atoms with Gasteiger partial charge in [0.25, 0.3) is 0 Å². The van der Waals surface area contributed by atoms with E-state index in [1.54, 1.807) is 0 Å². The van der Waals surface area contributed by atoms with Gasteiger partial charge in [-0.3, -0.25) is 4.98 Å². The first-order valence-electron chi connectivity index (χ1n) is 8.49. The SMILES string of the molecule is CCCCNCc1c2c(nc3ccc(C)cc13)CCN(C)C2. The van der Waals surface area contributed by atoms with E-state index in [0.717, 1.165) is 38.1 Å². The van der Waals surface area contributed by atoms with Gasteiger partial charge in [-0.15, -0.1) is 0 Å². The van der Waals surface area contributed by atoms with E-state index in [0.29, 0.717) is 0 Å². The van der Waals surface area contributed by atoms with Crippen LogP contribution in [-0.2, 0) is 19.5 Å². The van der Waals surface area contributed by atoms with Crippen molar-refractivity contribution in [1.82, 2.24) is 15.2 Å². The zero-order valence-electron chi connectivity index (χ0n) is 14.1. The average molecular weight is 297 g/mol. The molecule has 0 fully saturated rings. The Hall–Kier alpha value is -1.45. The second-order valence-corrected chi connectivity index (χ2v) is 6.55. The molecule has 1 aromatic carbocycles. The first-order valence-corrected chi connectivity index (χ1v) is 8.49. The van der Waals surface area contributed by atoms with Crippen molar-refractivity contribution in [2.75, 3.05) is 20.1 Å². The molecule has 0 bridgehead atoms. The van der Waals surface area contributed by atoms with Gasteiger partial charge in [-0.2, -0.15) is 0 Å². The molecule has 3 heteroatoms. The summed E-state index contributed by atoms with van der Waals surface area (Å²) in [5, 5.41) is 4.96. The predicted molar refractivity (Wildman–Crippen MR) is 93.1 cm³/mol. The number of aromatic nitrogens is 1. The van der Waals surface area contributed by atoms with Crippen molar-refractivity contribution in [2.24, 2.45) is 0 Å². The highest BCUT2D eigenvalue weighted by molar-refractivity contribution is 5.84. The van der Waals surface area contributed by atoms with Crippen molar-refractivity contribution in [3.63, 3.8) is 0 Å². The van der Waals surface area contributed by atoms with E-state index in [4.69, 9.17) is 4.98 Å². The Morgan fingerprint density at radius 3 is 3.00 bits per heavy atom. The Morgan fingerprint density at radius 1 is 1.32 bits per heavy atom. The number of fused-ring (bicyclic) bond motifs is 2. The molecule has 1 aromatic heterocycles. The van der Waals surface area contributed by atoms with Crippen molar-refractivity contribution in [3.8, 4) is 0 Å². The highest BCUT2D eigenvalue weighted by Gasteiger charge is 2.20. The summed E-state index contributed by atoms with van der Waals surface area (Å²) >= 11 is 0. The van der Waals surface area contributed by atoms with Crippen LogP contribution in [0.1, 0.15) is 42.1 Å². The van der Waals surface area contributed by atoms with Crippen molar-refractivity contribution < 1.29 is 0 Å². The molecule has 0 spiro atoms. The second-order valence-electron chi connectivity index (χ2n) is 6.55. The number of pyridine rings is 1. The number of aryl methyl sites for hydroxylation is 1. The third kappa shape index (κ3) is 3.16. The van der Waals surface area contributed by atoms with Crippen molar-refractivity contribution in [2.45, 2.75) is 46.2 Å². The molecule has 2 heterocycles. The third-order valence-electron chi connectivity index (χ3n) is 4.61. The van der Waals surface area contributed by atoms with Crippen LogP contribution in [0.15, 0.2) is 18.2 Å². The molecule has 0 saturated heterocycles. The minimum Gasteiger partial charge on any atom is -0.313 e. The molecule has 0 aliphatic carbocycles. The van der Waals surface area contributed by atoms with E-state index in [2.05, 4.69) is 49.3 Å². The maximum Gasteiger partial charge on any atom is 0.0708 e. The van der Waals surface area contributed by atoms with E-state index in [9.17, 15) is 0 Å². The summed E-state index contributed by atoms with van der Waals surface area (Å²) < 4.78 is 0. The Labute approximate surface area is 133 Å². The van der Waals surface area contributed by atoms with Crippen molar-refractivity contribution in [1.29, 1.82) is 0 Å². The lowest BCUT2D eigenvalue weighted by molar-refractivity contribution is 0.308. The molecule has 0 amide bonds. The Morgan fingerprint density at radius 2 is 2.18 bits per heavy atom. The molecule has 0 saturated carbocycles. The van der Waals surface area contributed by atoms with Crippen LogP contribution < -0.4 is 5.32 Å². The molecule has 0 atom stereocenters. The standard InChI is InChI=1S/C19H27N3/c1-4-5-9-20-12-16-15-11-14(2)6-7-18(15)21-19-8-10-22(3)13-17(16)19/h6-7,11,20H,4-5,8-10,12-13H2,1-3H3. The lowest BCUT2D eigenvalue weighted by atomic mass is 9.95. The molecule has 3 nitrogen and oxygen atoms in total. The van der Waals surface area contributed by atoms with Crippen LogP contribution in [0.5, 0.6) is 0 Å². The molecule has 3 rings (SSSR count). The van der Waals surface area contributed by atoms with Crippen LogP contribution in [0.25, 0.3) is 10.9 Å². The molecule has 2 aromatic rings. The smallest absolute Gasteiger partial charge is 0.0708 e. The van der Waals surface area contributed by atoms with Gasteiger partial charge < -0.3 is 10.2 Å². The summed E-state index contributed by atoms with van der Waals surface area (Å²) in [5.41, 5.74) is 6.69. The highest BCUT2D eigenvalue weighted by atomic mass is 15.1. The van der Waals surface area contributed by atoms with Crippen LogP contribution in [0.3, 0.4) is 0 Å². The lowest BCUT2D eigenvalue weighted by Crippen LogP contribution is -2.29. The lowest BCUT2D eigenvalue weighted by Gasteiger charge is -2.27. The topological polar surface area (TPSA) is 28.2 Å². The van der Waals surface area contributed by atoms with Gasteiger partial charge in [-0.1, -0.05) is 25.0 Å². The van der Waals surface area contributed by atoms with E-state index >= 15 is 0 Å². The fraction of sp³-hybridized carbons (Fsp3) is 0.526. The number of unbranched alkanes of at least 4 members (excludes halogenated alkanes) is 1. The summed E-state index contributed by atoms with van der Waals surface area (Å²) in [4.78, 5) is 7.35. The number of hydrogen-bond donors (Lipinski definition) is 1. The summed E-state index contributed by atoms with van der Waals surface area (Å²) in [6, 6.07) is 6.65. The predicted octanol–water partition coefficient (Wildman–Crippen LogP) is 3.42. The van der Waals surface area contributed by atoms with E-state index in [1.165, 1.54) is 40.6 Å². The number of likely N-dealkylation sites (N-methyl/N-ethyl adjacent to an activating group) is 1. The zero-order valence-corrected chi connectivity index (χ0v) is 14.1. The molecular formula is C19H27N3. The van der Waals surface area contributed by atoms with Gasteiger partial charge in [0, 0.05) is 37.1 Å². The van der Waals surface area contributed by atoms with Crippen LogP contribution >= 0.6 is 0 Å². The first-order chi connectivity index (χ1) is 10.7. The molecule has 1 aliphatic rings. The minimum absolute atomic E-state index is 0.957. The summed E-state index contributed by atoms with van der Waals surface area (Å²) in [6.45, 7) is 8.59. The van der Waals surface area contributed by atoms with E-state index in [-0.39, 0.29) is 0 Å². The van der Waals surface area contributed by atoms with Gasteiger partial charge in [-0.05, 0) is 50.2 Å². The normalized spacial score (nSPS) is 15.2. The fourth-order valence-electron chi connectivity index (χ4n) is 3.29. The quantitative estimate of drug-likeness (QED) is 0.857. The monoisotopic (exact) mass is 297 g/mol. The number of rotatable bonds is 5. The van der Waals surface area contributed by atoms with E-state index in [1.807, 2.05) is 0 Å². The van der Waals surface area contributed by atoms with Gasteiger partial charge in [0.1, 0.15) is 0 Å². The molecule has 1 N–H and O–H groups in total. The Balaban J connectivity index is 2.03. The number of benzene rings is 1. The molecule has 1 aliphatic heterocycles. The van der Waals surface area contributed by atoms with Gasteiger partial charge >= 0.3 is 0 Å². The van der Waals surface area contributed by atoms with Gasteiger partial charge in [0.2, 0.25) is 0 Å². The summed E-state index contributed by atoms with van der Waals surface area (Å²) in [7, 11) is 2.21. The van der Waals surface area contributed by atoms with Crippen LogP contribution in [0.4, 0.5) is 0 Å². The second kappa shape index (κ2) is 6.76. The maximum absolute atomic E-state index is 4.94. The van der Waals surface area contributed by atoms with E-state index < -0.39 is 0 Å². The van der Waals surface area contributed by atoms with Gasteiger partial charge in [-0.25, -0.2) is 0 Å². The summed E-state index contributed by atoms with van der Waals surface area (Å²) in [5.74, 6) is 0. The molecular weight excluding hydrogens is 270 g/mol. The Kier molecular flexibility index (Phi) is 4.74. The summed E-state index contributed by atoms with van der Waals surface area (Å²) in [6.07, 6.45) is 3.55. The number of nitrogens with one attached hydrogen (secondary N) is 1. The molecule has 118 valence electrons. The highest BCUT2D eigenvalue weighted by Crippen LogP contribution is 2.28. The van der Waals surface area contributed by atoms with Crippen LogP contribution in [-0.4, -0.2) is 30.0 Å². The number of hydrogen-bond acceptors (Lipinski definition) is 3. The minimum atomic E-state index is 0.957.